The van der Waals surface area contributed by atoms with Gasteiger partial charge in [-0.2, -0.15) is 0 Å². The summed E-state index contributed by atoms with van der Waals surface area (Å²) in [5, 5.41) is 23.1. The molecule has 2 unspecified atom stereocenters. The van der Waals surface area contributed by atoms with Crippen LogP contribution >= 0.6 is 0 Å². The smallest absolute Gasteiger partial charge is 0.305 e. The molecule has 60 heavy (non-hydrogen) atoms. The lowest BCUT2D eigenvalue weighted by Gasteiger charge is -2.20. The summed E-state index contributed by atoms with van der Waals surface area (Å²) in [5.41, 5.74) is 0. The maximum absolute atomic E-state index is 12.4. The largest absolute Gasteiger partial charge is 0.466 e. The highest BCUT2D eigenvalue weighted by Gasteiger charge is 2.18. The molecule has 356 valence electrons. The number of amides is 1. The van der Waals surface area contributed by atoms with Crippen molar-refractivity contribution in [3.8, 4) is 0 Å². The first kappa shape index (κ1) is 58.6. The van der Waals surface area contributed by atoms with E-state index in [2.05, 4.69) is 19.2 Å². The fourth-order valence-electron chi connectivity index (χ4n) is 8.40. The standard InChI is InChI=1S/C54H105NO5/c1-3-5-7-9-11-13-15-17-19-21-23-25-27-30-34-38-42-46-52(57)51(50-56)55-53(58)47-43-39-35-31-29-33-37-41-45-49-60-54(59)48-44-40-36-32-28-26-24-22-20-18-16-14-12-10-8-6-4-2/h42,46,51-52,56-57H,3-41,43-45,47-50H2,1-2H3,(H,55,58)/b46-42+. The number of esters is 1. The highest BCUT2D eigenvalue weighted by molar-refractivity contribution is 5.76. The number of allylic oxidation sites excluding steroid dienone is 1. The van der Waals surface area contributed by atoms with Crippen molar-refractivity contribution in [1.29, 1.82) is 0 Å². The van der Waals surface area contributed by atoms with Crippen molar-refractivity contribution < 1.29 is 24.5 Å². The third kappa shape index (κ3) is 46.1. The Morgan fingerprint density at radius 3 is 1.13 bits per heavy atom. The van der Waals surface area contributed by atoms with E-state index >= 15 is 0 Å². The van der Waals surface area contributed by atoms with E-state index < -0.39 is 12.1 Å². The molecule has 0 saturated heterocycles. The SMILES string of the molecule is CCCCCCCCCCCCCCCCC/C=C/C(O)C(CO)NC(=O)CCCCCCCCCCCOC(=O)CCCCCCCCCCCCCCCCCCC. The zero-order chi connectivity index (χ0) is 43.7. The fraction of sp³-hybridized carbons (Fsp3) is 0.926. The van der Waals surface area contributed by atoms with Crippen LogP contribution in [0.25, 0.3) is 0 Å². The molecule has 0 bridgehead atoms. The Morgan fingerprint density at radius 1 is 0.450 bits per heavy atom. The molecule has 0 saturated carbocycles. The molecule has 0 aromatic rings. The second-order valence-corrected chi connectivity index (χ2v) is 18.6. The highest BCUT2D eigenvalue weighted by atomic mass is 16.5. The molecule has 0 aliphatic carbocycles. The average molecular weight is 848 g/mol. The number of aliphatic hydroxyl groups excluding tert-OH is 2. The number of aliphatic hydroxyl groups is 2. The first-order chi connectivity index (χ1) is 29.5. The molecular formula is C54H105NO5. The van der Waals surface area contributed by atoms with Crippen LogP contribution in [0.1, 0.15) is 296 Å². The maximum atomic E-state index is 12.4. The number of ether oxygens (including phenoxy) is 1. The van der Waals surface area contributed by atoms with Gasteiger partial charge in [0, 0.05) is 12.8 Å². The van der Waals surface area contributed by atoms with E-state index in [9.17, 15) is 19.8 Å². The summed E-state index contributed by atoms with van der Waals surface area (Å²) in [7, 11) is 0. The van der Waals surface area contributed by atoms with E-state index in [1.54, 1.807) is 6.08 Å². The van der Waals surface area contributed by atoms with Crippen molar-refractivity contribution in [2.75, 3.05) is 13.2 Å². The molecule has 3 N–H and O–H groups in total. The quantitative estimate of drug-likeness (QED) is 0.0322. The van der Waals surface area contributed by atoms with Crippen molar-refractivity contribution in [2.45, 2.75) is 309 Å². The normalized spacial score (nSPS) is 12.7. The Kier molecular flexibility index (Phi) is 49.1. The number of rotatable bonds is 50. The van der Waals surface area contributed by atoms with Gasteiger partial charge < -0.3 is 20.3 Å². The summed E-state index contributed by atoms with van der Waals surface area (Å²) in [6, 6.07) is -0.646. The zero-order valence-electron chi connectivity index (χ0n) is 40.5. The van der Waals surface area contributed by atoms with Crippen LogP contribution in [0.15, 0.2) is 12.2 Å². The Bertz CT molecular complexity index is 893. The Balaban J connectivity index is 3.49. The van der Waals surface area contributed by atoms with Crippen molar-refractivity contribution in [3.63, 3.8) is 0 Å². The van der Waals surface area contributed by atoms with Crippen molar-refractivity contribution in [3.05, 3.63) is 12.2 Å². The molecule has 6 heteroatoms. The Morgan fingerprint density at radius 2 is 0.767 bits per heavy atom. The molecular weight excluding hydrogens is 743 g/mol. The molecule has 1 amide bonds. The number of hydrogen-bond acceptors (Lipinski definition) is 5. The van der Waals surface area contributed by atoms with Crippen molar-refractivity contribution in [1.82, 2.24) is 5.32 Å². The lowest BCUT2D eigenvalue weighted by Crippen LogP contribution is -2.45. The summed E-state index contributed by atoms with van der Waals surface area (Å²) < 4.78 is 5.46. The predicted molar refractivity (Wildman–Crippen MR) is 260 cm³/mol. The molecule has 0 aliphatic rings. The lowest BCUT2D eigenvalue weighted by molar-refractivity contribution is -0.143. The zero-order valence-corrected chi connectivity index (χ0v) is 40.5. The summed E-state index contributed by atoms with van der Waals surface area (Å²) in [4.78, 5) is 24.5. The van der Waals surface area contributed by atoms with Crippen LogP contribution in [0.5, 0.6) is 0 Å². The predicted octanol–water partition coefficient (Wildman–Crippen LogP) is 16.1. The average Bonchev–Trinajstić information content (AvgIpc) is 3.25. The third-order valence-corrected chi connectivity index (χ3v) is 12.6. The van der Waals surface area contributed by atoms with Gasteiger partial charge in [-0.25, -0.2) is 0 Å². The Hall–Kier alpha value is -1.40. The molecule has 2 atom stereocenters. The van der Waals surface area contributed by atoms with Crippen LogP contribution in [0, 0.1) is 0 Å². The van der Waals surface area contributed by atoms with Gasteiger partial charge in [-0.05, 0) is 32.1 Å². The monoisotopic (exact) mass is 848 g/mol. The second kappa shape index (κ2) is 50.2. The van der Waals surface area contributed by atoms with Crippen molar-refractivity contribution >= 4 is 11.9 Å². The van der Waals surface area contributed by atoms with Crippen LogP contribution in [0.2, 0.25) is 0 Å². The van der Waals surface area contributed by atoms with Gasteiger partial charge in [0.1, 0.15) is 0 Å². The highest BCUT2D eigenvalue weighted by Crippen LogP contribution is 2.17. The number of carbonyl (C=O) groups is 2. The maximum Gasteiger partial charge on any atom is 0.305 e. The van der Waals surface area contributed by atoms with Crippen LogP contribution in [-0.4, -0.2) is 47.4 Å². The van der Waals surface area contributed by atoms with E-state index in [0.717, 1.165) is 57.8 Å². The lowest BCUT2D eigenvalue weighted by atomic mass is 10.0. The Labute approximate surface area is 374 Å². The molecule has 0 aliphatic heterocycles. The van der Waals surface area contributed by atoms with E-state index in [1.807, 2.05) is 6.08 Å². The first-order valence-electron chi connectivity index (χ1n) is 27.0. The molecule has 0 radical (unpaired) electrons. The number of carbonyl (C=O) groups excluding carboxylic acids is 2. The minimum Gasteiger partial charge on any atom is -0.466 e. The minimum atomic E-state index is -0.860. The second-order valence-electron chi connectivity index (χ2n) is 18.6. The summed E-state index contributed by atoms with van der Waals surface area (Å²) in [6.45, 7) is 4.86. The number of hydrogen-bond donors (Lipinski definition) is 3. The third-order valence-electron chi connectivity index (χ3n) is 12.6. The van der Waals surface area contributed by atoms with Gasteiger partial charge >= 0.3 is 5.97 Å². The van der Waals surface area contributed by atoms with Crippen LogP contribution in [0.4, 0.5) is 0 Å². The molecule has 0 fully saturated rings. The molecule has 0 heterocycles. The van der Waals surface area contributed by atoms with E-state index in [0.29, 0.717) is 19.4 Å². The summed E-state index contributed by atoms with van der Waals surface area (Å²) in [5.74, 6) is -0.116. The molecule has 0 rings (SSSR count). The van der Waals surface area contributed by atoms with Gasteiger partial charge in [0.05, 0.1) is 25.4 Å². The topological polar surface area (TPSA) is 95.9 Å². The van der Waals surface area contributed by atoms with Crippen LogP contribution in [-0.2, 0) is 14.3 Å². The number of unbranched alkanes of at least 4 members (excludes halogenated alkanes) is 39. The van der Waals surface area contributed by atoms with E-state index in [4.69, 9.17) is 4.74 Å². The van der Waals surface area contributed by atoms with Crippen LogP contribution < -0.4 is 5.32 Å². The molecule has 0 spiro atoms. The fourth-order valence-corrected chi connectivity index (χ4v) is 8.40. The summed E-state index contributed by atoms with van der Waals surface area (Å²) in [6.07, 6.45) is 57.9. The minimum absolute atomic E-state index is 0.0229. The van der Waals surface area contributed by atoms with Crippen molar-refractivity contribution in [2.24, 2.45) is 0 Å². The van der Waals surface area contributed by atoms with Gasteiger partial charge in [-0.3, -0.25) is 9.59 Å². The van der Waals surface area contributed by atoms with E-state index in [-0.39, 0.29) is 18.5 Å². The van der Waals surface area contributed by atoms with Gasteiger partial charge in [0.25, 0.3) is 0 Å². The molecule has 6 nitrogen and oxygen atoms in total. The van der Waals surface area contributed by atoms with Gasteiger partial charge in [0.15, 0.2) is 0 Å². The molecule has 0 aromatic heterocycles. The van der Waals surface area contributed by atoms with Gasteiger partial charge in [0.2, 0.25) is 5.91 Å². The number of nitrogens with one attached hydrogen (secondary N) is 1. The van der Waals surface area contributed by atoms with Crippen LogP contribution in [0.3, 0.4) is 0 Å². The summed E-state index contributed by atoms with van der Waals surface area (Å²) >= 11 is 0. The molecule has 0 aromatic carbocycles. The van der Waals surface area contributed by atoms with Gasteiger partial charge in [-0.1, -0.05) is 264 Å². The van der Waals surface area contributed by atoms with Gasteiger partial charge in [-0.15, -0.1) is 0 Å². The van der Waals surface area contributed by atoms with E-state index in [1.165, 1.54) is 212 Å². The first-order valence-corrected chi connectivity index (χ1v) is 27.0.